The summed E-state index contributed by atoms with van der Waals surface area (Å²) in [6.07, 6.45) is 7.45. The SMILES string of the molecule is CC(C)(C(=O)N1CC2CCC(N)C2C1)C1CCCC1.Cl. The van der Waals surface area contributed by atoms with E-state index in [2.05, 4.69) is 18.7 Å². The molecule has 0 bridgehead atoms. The van der Waals surface area contributed by atoms with E-state index in [1.54, 1.807) is 0 Å². The van der Waals surface area contributed by atoms with Crippen molar-refractivity contribution in [3.05, 3.63) is 0 Å². The van der Waals surface area contributed by atoms with E-state index in [0.29, 0.717) is 29.7 Å². The van der Waals surface area contributed by atoms with E-state index in [1.807, 2.05) is 0 Å². The number of carbonyl (C=O) groups is 1. The molecule has 3 nitrogen and oxygen atoms in total. The molecule has 0 radical (unpaired) electrons. The van der Waals surface area contributed by atoms with Crippen LogP contribution in [0, 0.1) is 23.2 Å². The number of hydrogen-bond acceptors (Lipinski definition) is 2. The number of fused-ring (bicyclic) bond motifs is 1. The van der Waals surface area contributed by atoms with E-state index in [9.17, 15) is 4.79 Å². The second kappa shape index (κ2) is 5.84. The molecule has 1 saturated heterocycles. The van der Waals surface area contributed by atoms with Gasteiger partial charge in [0.1, 0.15) is 0 Å². The van der Waals surface area contributed by atoms with Crippen molar-refractivity contribution in [1.82, 2.24) is 4.90 Å². The van der Waals surface area contributed by atoms with Crippen LogP contribution in [0.1, 0.15) is 52.4 Å². The van der Waals surface area contributed by atoms with Crippen LogP contribution in [0.15, 0.2) is 0 Å². The summed E-state index contributed by atoms with van der Waals surface area (Å²) < 4.78 is 0. The van der Waals surface area contributed by atoms with Crippen LogP contribution in [0.5, 0.6) is 0 Å². The molecule has 2 saturated carbocycles. The Hall–Kier alpha value is -0.280. The minimum Gasteiger partial charge on any atom is -0.342 e. The number of likely N-dealkylation sites (tertiary alicyclic amines) is 1. The third-order valence-corrected chi connectivity index (χ3v) is 6.13. The predicted molar refractivity (Wildman–Crippen MR) is 83.8 cm³/mol. The highest BCUT2D eigenvalue weighted by molar-refractivity contribution is 5.85. The van der Waals surface area contributed by atoms with E-state index in [0.717, 1.165) is 19.5 Å². The van der Waals surface area contributed by atoms with Crippen LogP contribution < -0.4 is 5.73 Å². The molecule has 1 heterocycles. The van der Waals surface area contributed by atoms with Crippen molar-refractivity contribution in [2.45, 2.75) is 58.4 Å². The maximum atomic E-state index is 12.9. The molecule has 3 fully saturated rings. The van der Waals surface area contributed by atoms with Crippen molar-refractivity contribution in [2.24, 2.45) is 28.9 Å². The summed E-state index contributed by atoms with van der Waals surface area (Å²) in [7, 11) is 0. The van der Waals surface area contributed by atoms with E-state index in [4.69, 9.17) is 5.73 Å². The van der Waals surface area contributed by atoms with Gasteiger partial charge < -0.3 is 10.6 Å². The first-order chi connectivity index (χ1) is 9.00. The van der Waals surface area contributed by atoms with Gasteiger partial charge in [-0.3, -0.25) is 4.79 Å². The average Bonchev–Trinajstić information content (AvgIpc) is 3.06. The summed E-state index contributed by atoms with van der Waals surface area (Å²) in [5, 5.41) is 0. The van der Waals surface area contributed by atoms with Crippen LogP contribution >= 0.6 is 12.4 Å². The van der Waals surface area contributed by atoms with Gasteiger partial charge in [-0.15, -0.1) is 12.4 Å². The van der Waals surface area contributed by atoms with E-state index in [-0.39, 0.29) is 17.8 Å². The van der Waals surface area contributed by atoms with Gasteiger partial charge in [0, 0.05) is 24.5 Å². The summed E-state index contributed by atoms with van der Waals surface area (Å²) in [5.74, 6) is 2.23. The second-order valence-corrected chi connectivity index (χ2v) is 7.58. The molecule has 0 aromatic rings. The first-order valence-corrected chi connectivity index (χ1v) is 8.05. The van der Waals surface area contributed by atoms with Gasteiger partial charge in [0.05, 0.1) is 0 Å². The molecular formula is C16H29ClN2O. The molecular weight excluding hydrogens is 272 g/mol. The van der Waals surface area contributed by atoms with Crippen LogP contribution in [0.4, 0.5) is 0 Å². The fourth-order valence-corrected chi connectivity index (χ4v) is 4.70. The van der Waals surface area contributed by atoms with Gasteiger partial charge in [-0.2, -0.15) is 0 Å². The lowest BCUT2D eigenvalue weighted by molar-refractivity contribution is -0.142. The fourth-order valence-electron chi connectivity index (χ4n) is 4.70. The molecule has 116 valence electrons. The zero-order valence-corrected chi connectivity index (χ0v) is 13.6. The standard InChI is InChI=1S/C16H28N2O.ClH/c1-16(2,12-5-3-4-6-12)15(19)18-9-11-7-8-14(17)13(11)10-18;/h11-14H,3-10,17H2,1-2H3;1H. The molecule has 3 aliphatic rings. The molecule has 0 spiro atoms. The number of hydrogen-bond donors (Lipinski definition) is 1. The highest BCUT2D eigenvalue weighted by Crippen LogP contribution is 2.43. The van der Waals surface area contributed by atoms with Gasteiger partial charge in [-0.05, 0) is 43.4 Å². The Morgan fingerprint density at radius 3 is 2.35 bits per heavy atom. The molecule has 4 heteroatoms. The van der Waals surface area contributed by atoms with Crippen LogP contribution in [0.2, 0.25) is 0 Å². The first-order valence-electron chi connectivity index (χ1n) is 8.05. The molecule has 0 aromatic heterocycles. The Kier molecular flexibility index (Phi) is 4.70. The van der Waals surface area contributed by atoms with Crippen molar-refractivity contribution in [2.75, 3.05) is 13.1 Å². The molecule has 3 atom stereocenters. The Bertz CT molecular complexity index is 365. The van der Waals surface area contributed by atoms with Gasteiger partial charge >= 0.3 is 0 Å². The fraction of sp³-hybridized carbons (Fsp3) is 0.938. The van der Waals surface area contributed by atoms with Gasteiger partial charge in [-0.25, -0.2) is 0 Å². The summed E-state index contributed by atoms with van der Waals surface area (Å²) in [4.78, 5) is 15.0. The van der Waals surface area contributed by atoms with Crippen LogP contribution in [0.25, 0.3) is 0 Å². The molecule has 1 aliphatic heterocycles. The maximum absolute atomic E-state index is 12.9. The molecule has 2 N–H and O–H groups in total. The van der Waals surface area contributed by atoms with E-state index < -0.39 is 0 Å². The van der Waals surface area contributed by atoms with Crippen LogP contribution in [-0.4, -0.2) is 29.9 Å². The van der Waals surface area contributed by atoms with Crippen molar-refractivity contribution < 1.29 is 4.79 Å². The second-order valence-electron chi connectivity index (χ2n) is 7.58. The molecule has 3 unspecified atom stereocenters. The first kappa shape index (κ1) is 16.1. The van der Waals surface area contributed by atoms with Gasteiger partial charge in [0.15, 0.2) is 0 Å². The monoisotopic (exact) mass is 300 g/mol. The molecule has 1 amide bonds. The van der Waals surface area contributed by atoms with Crippen molar-refractivity contribution in [1.29, 1.82) is 0 Å². The molecule has 0 aromatic carbocycles. The lowest BCUT2D eigenvalue weighted by Crippen LogP contribution is -2.44. The average molecular weight is 301 g/mol. The summed E-state index contributed by atoms with van der Waals surface area (Å²) >= 11 is 0. The maximum Gasteiger partial charge on any atom is 0.228 e. The highest BCUT2D eigenvalue weighted by atomic mass is 35.5. The minimum atomic E-state index is -0.167. The number of amides is 1. The van der Waals surface area contributed by atoms with Crippen molar-refractivity contribution in [3.8, 4) is 0 Å². The summed E-state index contributed by atoms with van der Waals surface area (Å²) in [6.45, 7) is 6.22. The summed E-state index contributed by atoms with van der Waals surface area (Å²) in [6, 6.07) is 0.331. The van der Waals surface area contributed by atoms with Crippen molar-refractivity contribution >= 4 is 18.3 Å². The quantitative estimate of drug-likeness (QED) is 0.852. The molecule has 3 rings (SSSR count). The number of halogens is 1. The molecule has 20 heavy (non-hydrogen) atoms. The van der Waals surface area contributed by atoms with Gasteiger partial charge in [0.25, 0.3) is 0 Å². The van der Waals surface area contributed by atoms with Gasteiger partial charge in [-0.1, -0.05) is 26.7 Å². The van der Waals surface area contributed by atoms with E-state index >= 15 is 0 Å². The highest BCUT2D eigenvalue weighted by Gasteiger charge is 2.47. The normalized spacial score (nSPS) is 34.1. The minimum absolute atomic E-state index is 0. The number of rotatable bonds is 2. The number of nitrogens with two attached hydrogens (primary N) is 1. The third kappa shape index (κ3) is 2.59. The molecule has 2 aliphatic carbocycles. The largest absolute Gasteiger partial charge is 0.342 e. The Morgan fingerprint density at radius 2 is 1.75 bits per heavy atom. The topological polar surface area (TPSA) is 46.3 Å². The Morgan fingerprint density at radius 1 is 1.10 bits per heavy atom. The summed E-state index contributed by atoms with van der Waals surface area (Å²) in [5.41, 5.74) is 6.01. The Labute approximate surface area is 129 Å². The zero-order valence-electron chi connectivity index (χ0n) is 12.8. The van der Waals surface area contributed by atoms with Crippen LogP contribution in [0.3, 0.4) is 0 Å². The lowest BCUT2D eigenvalue weighted by Gasteiger charge is -2.34. The number of nitrogens with zero attached hydrogens (tertiary/aromatic N) is 1. The van der Waals surface area contributed by atoms with Crippen LogP contribution in [-0.2, 0) is 4.79 Å². The number of carbonyl (C=O) groups excluding carboxylic acids is 1. The smallest absolute Gasteiger partial charge is 0.228 e. The zero-order chi connectivity index (χ0) is 13.6. The predicted octanol–water partition coefficient (Wildman–Crippen LogP) is 2.82. The van der Waals surface area contributed by atoms with Gasteiger partial charge in [0.2, 0.25) is 5.91 Å². The Balaban J connectivity index is 0.00000147. The van der Waals surface area contributed by atoms with E-state index in [1.165, 1.54) is 32.1 Å². The third-order valence-electron chi connectivity index (χ3n) is 6.13. The lowest BCUT2D eigenvalue weighted by atomic mass is 9.76. The van der Waals surface area contributed by atoms with Crippen molar-refractivity contribution in [3.63, 3.8) is 0 Å².